The Morgan fingerprint density at radius 1 is 1.18 bits per heavy atom. The summed E-state index contributed by atoms with van der Waals surface area (Å²) in [5, 5.41) is 3.40. The summed E-state index contributed by atoms with van der Waals surface area (Å²) in [6.45, 7) is 2.20. The van der Waals surface area contributed by atoms with Crippen molar-refractivity contribution in [2.24, 2.45) is 0 Å². The Bertz CT molecular complexity index is 475. The van der Waals surface area contributed by atoms with E-state index >= 15 is 0 Å². The van der Waals surface area contributed by atoms with Crippen LogP contribution in [-0.2, 0) is 6.42 Å². The Balaban J connectivity index is 2.29. The number of nitrogens with one attached hydrogen (secondary N) is 1. The normalized spacial score (nSPS) is 12.6. The van der Waals surface area contributed by atoms with Crippen molar-refractivity contribution in [2.75, 3.05) is 7.05 Å². The summed E-state index contributed by atoms with van der Waals surface area (Å²) in [6.07, 6.45) is 1.12. The highest BCUT2D eigenvalue weighted by molar-refractivity contribution is 14.1. The summed E-state index contributed by atoms with van der Waals surface area (Å²) >= 11 is 4.24. The minimum Gasteiger partial charge on any atom is -0.309 e. The van der Waals surface area contributed by atoms with Crippen molar-refractivity contribution in [3.05, 3.63) is 55.3 Å². The molecular weight excluding hydrogens is 341 g/mol. The van der Waals surface area contributed by atoms with Gasteiger partial charge in [0.2, 0.25) is 0 Å². The quantitative estimate of drug-likeness (QED) is 0.808. The van der Waals surface area contributed by atoms with Crippen LogP contribution < -0.4 is 5.32 Å². The Labute approximate surface area is 120 Å². The van der Waals surface area contributed by atoms with Crippen molar-refractivity contribution in [3.63, 3.8) is 0 Å². The van der Waals surface area contributed by atoms with Gasteiger partial charge in [-0.05, 0) is 65.9 Å². The molecule has 1 unspecified atom stereocenters. The molecule has 0 radical (unpaired) electrons. The van der Waals surface area contributed by atoms with E-state index in [1.165, 1.54) is 18.9 Å². The van der Waals surface area contributed by atoms with E-state index in [1.807, 2.05) is 18.4 Å². The van der Waals surface area contributed by atoms with Gasteiger partial charge in [0.25, 0.3) is 0 Å². The molecule has 17 heavy (non-hydrogen) atoms. The number of halogens is 1. The zero-order valence-electron chi connectivity index (χ0n) is 10.0. The SMILES string of the molecule is CCc1ccc(C(NC)c2ccc(I)cc2)s1. The summed E-state index contributed by atoms with van der Waals surface area (Å²) in [5.41, 5.74) is 1.33. The zero-order chi connectivity index (χ0) is 12.3. The third-order valence-electron chi connectivity index (χ3n) is 2.81. The van der Waals surface area contributed by atoms with Gasteiger partial charge in [0, 0.05) is 13.3 Å². The van der Waals surface area contributed by atoms with Gasteiger partial charge < -0.3 is 5.32 Å². The second kappa shape index (κ2) is 5.98. The molecule has 0 aliphatic heterocycles. The second-order valence-corrected chi connectivity index (χ2v) is 6.38. The average molecular weight is 357 g/mol. The van der Waals surface area contributed by atoms with E-state index in [4.69, 9.17) is 0 Å². The maximum atomic E-state index is 3.40. The lowest BCUT2D eigenvalue weighted by molar-refractivity contribution is 0.704. The molecule has 1 heterocycles. The molecule has 0 amide bonds. The van der Waals surface area contributed by atoms with E-state index in [2.05, 4.69) is 71.2 Å². The molecule has 0 saturated carbocycles. The van der Waals surface area contributed by atoms with E-state index in [1.54, 1.807) is 0 Å². The lowest BCUT2D eigenvalue weighted by atomic mass is 10.1. The van der Waals surface area contributed by atoms with Crippen LogP contribution in [0.5, 0.6) is 0 Å². The Morgan fingerprint density at radius 3 is 2.41 bits per heavy atom. The smallest absolute Gasteiger partial charge is 0.0668 e. The zero-order valence-corrected chi connectivity index (χ0v) is 13.0. The number of benzene rings is 1. The molecule has 0 spiro atoms. The van der Waals surface area contributed by atoms with Crippen molar-refractivity contribution < 1.29 is 0 Å². The summed E-state index contributed by atoms with van der Waals surface area (Å²) < 4.78 is 1.28. The highest BCUT2D eigenvalue weighted by Gasteiger charge is 2.13. The highest BCUT2D eigenvalue weighted by atomic mass is 127. The van der Waals surface area contributed by atoms with Crippen LogP contribution in [0.2, 0.25) is 0 Å². The molecule has 1 N–H and O–H groups in total. The van der Waals surface area contributed by atoms with E-state index < -0.39 is 0 Å². The van der Waals surface area contributed by atoms with Gasteiger partial charge in [-0.1, -0.05) is 19.1 Å². The fourth-order valence-electron chi connectivity index (χ4n) is 1.87. The van der Waals surface area contributed by atoms with Crippen LogP contribution in [0.15, 0.2) is 36.4 Å². The molecule has 0 bridgehead atoms. The van der Waals surface area contributed by atoms with Crippen molar-refractivity contribution >= 4 is 33.9 Å². The molecule has 0 fully saturated rings. The average Bonchev–Trinajstić information content (AvgIpc) is 2.81. The molecular formula is C14H16INS. The number of hydrogen-bond acceptors (Lipinski definition) is 2. The van der Waals surface area contributed by atoms with Crippen LogP contribution in [0.3, 0.4) is 0 Å². The maximum absolute atomic E-state index is 3.40. The van der Waals surface area contributed by atoms with Gasteiger partial charge in [-0.25, -0.2) is 0 Å². The predicted octanol–water partition coefficient (Wildman–Crippen LogP) is 4.22. The third kappa shape index (κ3) is 3.09. The van der Waals surface area contributed by atoms with Gasteiger partial charge in [0.05, 0.1) is 6.04 Å². The molecule has 1 aromatic heterocycles. The fraction of sp³-hybridized carbons (Fsp3) is 0.286. The van der Waals surface area contributed by atoms with Crippen molar-refractivity contribution in [3.8, 4) is 0 Å². The largest absolute Gasteiger partial charge is 0.309 e. The first-order valence-electron chi connectivity index (χ1n) is 5.76. The molecule has 2 rings (SSSR count). The van der Waals surface area contributed by atoms with Crippen LogP contribution in [0.25, 0.3) is 0 Å². The minimum atomic E-state index is 0.317. The predicted molar refractivity (Wildman–Crippen MR) is 83.8 cm³/mol. The molecule has 1 atom stereocenters. The van der Waals surface area contributed by atoms with Gasteiger partial charge in [-0.2, -0.15) is 0 Å². The standard InChI is InChI=1S/C14H16INS/c1-3-12-8-9-13(17-12)14(16-2)10-4-6-11(15)7-5-10/h4-9,14,16H,3H2,1-2H3. The Kier molecular flexibility index (Phi) is 4.59. The van der Waals surface area contributed by atoms with Crippen LogP contribution in [0.1, 0.15) is 28.3 Å². The molecule has 3 heteroatoms. The molecule has 1 nitrogen and oxygen atoms in total. The summed E-state index contributed by atoms with van der Waals surface area (Å²) in [4.78, 5) is 2.84. The van der Waals surface area contributed by atoms with Gasteiger partial charge >= 0.3 is 0 Å². The first-order valence-corrected chi connectivity index (χ1v) is 7.65. The monoisotopic (exact) mass is 357 g/mol. The number of thiophene rings is 1. The number of hydrogen-bond donors (Lipinski definition) is 1. The van der Waals surface area contributed by atoms with Crippen LogP contribution in [-0.4, -0.2) is 7.05 Å². The lowest BCUT2D eigenvalue weighted by Gasteiger charge is -2.15. The summed E-state index contributed by atoms with van der Waals surface area (Å²) in [6, 6.07) is 13.5. The van der Waals surface area contributed by atoms with Gasteiger partial charge in [0.15, 0.2) is 0 Å². The summed E-state index contributed by atoms with van der Waals surface area (Å²) in [7, 11) is 2.02. The topological polar surface area (TPSA) is 12.0 Å². The highest BCUT2D eigenvalue weighted by Crippen LogP contribution is 2.28. The number of aryl methyl sites for hydroxylation is 1. The molecule has 0 aliphatic carbocycles. The van der Waals surface area contributed by atoms with Gasteiger partial charge in [-0.15, -0.1) is 11.3 Å². The molecule has 0 aliphatic rings. The number of rotatable bonds is 4. The molecule has 1 aromatic carbocycles. The van der Waals surface area contributed by atoms with Crippen LogP contribution in [0.4, 0.5) is 0 Å². The van der Waals surface area contributed by atoms with E-state index in [-0.39, 0.29) is 0 Å². The molecule has 90 valence electrons. The van der Waals surface area contributed by atoms with Gasteiger partial charge in [0.1, 0.15) is 0 Å². The van der Waals surface area contributed by atoms with Crippen molar-refractivity contribution in [1.82, 2.24) is 5.32 Å². The fourth-order valence-corrected chi connectivity index (χ4v) is 3.32. The maximum Gasteiger partial charge on any atom is 0.0668 e. The molecule has 0 saturated heterocycles. The van der Waals surface area contributed by atoms with Crippen molar-refractivity contribution in [2.45, 2.75) is 19.4 Å². The first kappa shape index (κ1) is 13.1. The Morgan fingerprint density at radius 2 is 1.88 bits per heavy atom. The first-order chi connectivity index (χ1) is 8.24. The van der Waals surface area contributed by atoms with E-state index in [0.717, 1.165) is 6.42 Å². The van der Waals surface area contributed by atoms with Crippen LogP contribution >= 0.6 is 33.9 Å². The molecule has 2 aromatic rings. The van der Waals surface area contributed by atoms with Crippen molar-refractivity contribution in [1.29, 1.82) is 0 Å². The van der Waals surface area contributed by atoms with E-state index in [0.29, 0.717) is 6.04 Å². The van der Waals surface area contributed by atoms with Crippen LogP contribution in [0, 0.1) is 3.57 Å². The van der Waals surface area contributed by atoms with E-state index in [9.17, 15) is 0 Å². The Hall–Kier alpha value is -0.390. The summed E-state index contributed by atoms with van der Waals surface area (Å²) in [5.74, 6) is 0. The second-order valence-electron chi connectivity index (χ2n) is 3.93. The van der Waals surface area contributed by atoms with Gasteiger partial charge in [-0.3, -0.25) is 0 Å². The third-order valence-corrected chi connectivity index (χ3v) is 4.82. The minimum absolute atomic E-state index is 0.317. The lowest BCUT2D eigenvalue weighted by Crippen LogP contribution is -2.16.